The fourth-order valence-electron chi connectivity index (χ4n) is 1.94. The van der Waals surface area contributed by atoms with Crippen LogP contribution in [0.3, 0.4) is 0 Å². The van der Waals surface area contributed by atoms with Gasteiger partial charge in [0.25, 0.3) is 0 Å². The number of hydrogen-bond acceptors (Lipinski definition) is 3. The fourth-order valence-corrected chi connectivity index (χ4v) is 2.34. The Balaban J connectivity index is 2.02. The van der Waals surface area contributed by atoms with Crippen molar-refractivity contribution >= 4 is 33.6 Å². The van der Waals surface area contributed by atoms with Gasteiger partial charge >= 0.3 is 6.09 Å². The predicted molar refractivity (Wildman–Crippen MR) is 87.6 cm³/mol. The van der Waals surface area contributed by atoms with Crippen LogP contribution in [0.15, 0.2) is 46.9 Å². The summed E-state index contributed by atoms with van der Waals surface area (Å²) < 4.78 is 6.04. The minimum atomic E-state index is -0.597. The summed E-state index contributed by atoms with van der Waals surface area (Å²) in [6.45, 7) is 1.85. The molecule has 0 aliphatic rings. The molecular weight excluding hydrogens is 348 g/mol. The molecule has 0 fully saturated rings. The second kappa shape index (κ2) is 7.09. The zero-order valence-corrected chi connectivity index (χ0v) is 13.5. The molecule has 0 bridgehead atoms. The van der Waals surface area contributed by atoms with E-state index in [4.69, 9.17) is 10.5 Å². The van der Waals surface area contributed by atoms with Crippen LogP contribution < -0.4 is 11.1 Å². The van der Waals surface area contributed by atoms with Crippen LogP contribution in [-0.4, -0.2) is 12.0 Å². The van der Waals surface area contributed by atoms with Gasteiger partial charge in [-0.1, -0.05) is 40.2 Å². The van der Waals surface area contributed by atoms with E-state index in [9.17, 15) is 9.59 Å². The predicted octanol–water partition coefficient (Wildman–Crippen LogP) is 3.61. The molecule has 0 aliphatic heterocycles. The summed E-state index contributed by atoms with van der Waals surface area (Å²) in [6.07, 6.45) is -0.597. The summed E-state index contributed by atoms with van der Waals surface area (Å²) in [6, 6.07) is 12.4. The van der Waals surface area contributed by atoms with Crippen molar-refractivity contribution in [2.45, 2.75) is 13.5 Å². The molecule has 0 saturated heterocycles. The maximum Gasteiger partial charge on any atom is 0.411 e. The molecule has 114 valence electrons. The molecule has 0 unspecified atom stereocenters. The lowest BCUT2D eigenvalue weighted by Crippen LogP contribution is -2.17. The average molecular weight is 363 g/mol. The van der Waals surface area contributed by atoms with Crippen LogP contribution in [0.5, 0.6) is 0 Å². The second-order valence-electron chi connectivity index (χ2n) is 4.63. The van der Waals surface area contributed by atoms with Gasteiger partial charge in [0.2, 0.25) is 5.91 Å². The van der Waals surface area contributed by atoms with Gasteiger partial charge in [-0.05, 0) is 30.7 Å². The minimum Gasteiger partial charge on any atom is -0.444 e. The van der Waals surface area contributed by atoms with Gasteiger partial charge in [-0.15, -0.1) is 0 Å². The highest BCUT2D eigenvalue weighted by atomic mass is 79.9. The summed E-state index contributed by atoms with van der Waals surface area (Å²) in [7, 11) is 0. The summed E-state index contributed by atoms with van der Waals surface area (Å²) >= 11 is 3.39. The smallest absolute Gasteiger partial charge is 0.411 e. The lowest BCUT2D eigenvalue weighted by atomic mass is 10.1. The normalized spacial score (nSPS) is 10.1. The van der Waals surface area contributed by atoms with Crippen molar-refractivity contribution in [3.8, 4) is 0 Å². The van der Waals surface area contributed by atoms with Crippen molar-refractivity contribution in [3.05, 3.63) is 63.6 Å². The maximum atomic E-state index is 11.9. The van der Waals surface area contributed by atoms with Gasteiger partial charge in [0.05, 0.1) is 0 Å². The Bertz CT molecular complexity index is 716. The molecular formula is C16H15BrN2O3. The molecule has 0 aromatic heterocycles. The van der Waals surface area contributed by atoms with Crippen LogP contribution in [0.2, 0.25) is 0 Å². The number of nitrogens with two attached hydrogens (primary N) is 1. The Morgan fingerprint density at radius 1 is 1.18 bits per heavy atom. The molecule has 0 heterocycles. The summed E-state index contributed by atoms with van der Waals surface area (Å²) in [4.78, 5) is 23.1. The fraction of sp³-hybridized carbons (Fsp3) is 0.125. The molecule has 0 saturated carbocycles. The van der Waals surface area contributed by atoms with Gasteiger partial charge in [0, 0.05) is 21.3 Å². The average Bonchev–Trinajstić information content (AvgIpc) is 2.48. The highest BCUT2D eigenvalue weighted by Crippen LogP contribution is 2.20. The van der Waals surface area contributed by atoms with Gasteiger partial charge in [0.15, 0.2) is 0 Å². The molecule has 2 aromatic carbocycles. The largest absolute Gasteiger partial charge is 0.444 e. The third-order valence-electron chi connectivity index (χ3n) is 3.15. The van der Waals surface area contributed by atoms with Crippen molar-refractivity contribution in [3.63, 3.8) is 0 Å². The van der Waals surface area contributed by atoms with Crippen LogP contribution in [0.4, 0.5) is 10.5 Å². The topological polar surface area (TPSA) is 81.4 Å². The number of rotatable bonds is 4. The van der Waals surface area contributed by atoms with Crippen molar-refractivity contribution in [2.75, 3.05) is 5.32 Å². The summed E-state index contributed by atoms with van der Waals surface area (Å²) in [5.74, 6) is -0.539. The van der Waals surface area contributed by atoms with Crippen LogP contribution in [0.1, 0.15) is 21.5 Å². The van der Waals surface area contributed by atoms with Crippen LogP contribution >= 0.6 is 15.9 Å². The lowest BCUT2D eigenvalue weighted by molar-refractivity contribution is 0.0999. The lowest BCUT2D eigenvalue weighted by Gasteiger charge is -2.11. The van der Waals surface area contributed by atoms with Crippen molar-refractivity contribution in [2.24, 2.45) is 5.73 Å². The molecule has 6 heteroatoms. The van der Waals surface area contributed by atoms with E-state index >= 15 is 0 Å². The third kappa shape index (κ3) is 3.85. The Hall–Kier alpha value is -2.34. The SMILES string of the molecule is Cc1c(NC(=O)OCc2ccccc2Br)cccc1C(N)=O. The van der Waals surface area contributed by atoms with Crippen molar-refractivity contribution in [1.29, 1.82) is 0 Å². The molecule has 2 rings (SSSR count). The number of carbonyl (C=O) groups is 2. The highest BCUT2D eigenvalue weighted by Gasteiger charge is 2.11. The number of anilines is 1. The van der Waals surface area contributed by atoms with Gasteiger partial charge in [-0.25, -0.2) is 4.79 Å². The maximum absolute atomic E-state index is 11.9. The first kappa shape index (κ1) is 16.0. The van der Waals surface area contributed by atoms with Crippen molar-refractivity contribution in [1.82, 2.24) is 0 Å². The summed E-state index contributed by atoms with van der Waals surface area (Å²) in [5, 5.41) is 2.61. The quantitative estimate of drug-likeness (QED) is 0.871. The number of hydrogen-bond donors (Lipinski definition) is 2. The summed E-state index contributed by atoms with van der Waals surface area (Å²) in [5.41, 5.74) is 7.60. The first-order valence-electron chi connectivity index (χ1n) is 6.55. The van der Waals surface area contributed by atoms with Gasteiger partial charge in [-0.2, -0.15) is 0 Å². The number of carbonyl (C=O) groups excluding carboxylic acids is 2. The number of primary amides is 1. The van der Waals surface area contributed by atoms with E-state index in [0.717, 1.165) is 10.0 Å². The molecule has 22 heavy (non-hydrogen) atoms. The first-order chi connectivity index (χ1) is 10.5. The molecule has 0 radical (unpaired) electrons. The van der Waals surface area contributed by atoms with Crippen LogP contribution in [-0.2, 0) is 11.3 Å². The van der Waals surface area contributed by atoms with Gasteiger partial charge in [0.1, 0.15) is 6.61 Å². The van der Waals surface area contributed by atoms with Crippen molar-refractivity contribution < 1.29 is 14.3 Å². The number of nitrogens with one attached hydrogen (secondary N) is 1. The molecule has 3 N–H and O–H groups in total. The monoisotopic (exact) mass is 362 g/mol. The Morgan fingerprint density at radius 2 is 1.91 bits per heavy atom. The highest BCUT2D eigenvalue weighted by molar-refractivity contribution is 9.10. The van der Waals surface area contributed by atoms with E-state index in [-0.39, 0.29) is 6.61 Å². The van der Waals surface area contributed by atoms with E-state index in [1.807, 2.05) is 24.3 Å². The standard InChI is InChI=1S/C16H15BrN2O3/c1-10-12(15(18)20)6-4-8-14(10)19-16(21)22-9-11-5-2-3-7-13(11)17/h2-8H,9H2,1H3,(H2,18,20)(H,19,21). The number of ether oxygens (including phenoxy) is 1. The second-order valence-corrected chi connectivity index (χ2v) is 5.49. The zero-order valence-electron chi connectivity index (χ0n) is 11.9. The Labute approximate surface area is 136 Å². The molecule has 2 amide bonds. The van der Waals surface area contributed by atoms with E-state index in [1.165, 1.54) is 0 Å². The Kier molecular flexibility index (Phi) is 5.16. The van der Waals surface area contributed by atoms with E-state index < -0.39 is 12.0 Å². The third-order valence-corrected chi connectivity index (χ3v) is 3.93. The Morgan fingerprint density at radius 3 is 2.59 bits per heavy atom. The number of benzene rings is 2. The molecule has 0 spiro atoms. The van der Waals surface area contributed by atoms with E-state index in [1.54, 1.807) is 25.1 Å². The van der Waals surface area contributed by atoms with E-state index in [0.29, 0.717) is 16.8 Å². The minimum absolute atomic E-state index is 0.141. The molecule has 2 aromatic rings. The molecule has 5 nitrogen and oxygen atoms in total. The molecule has 0 atom stereocenters. The molecule has 0 aliphatic carbocycles. The van der Waals surface area contributed by atoms with E-state index in [2.05, 4.69) is 21.2 Å². The number of amides is 2. The first-order valence-corrected chi connectivity index (χ1v) is 7.35. The number of halogens is 1. The van der Waals surface area contributed by atoms with Gasteiger partial charge < -0.3 is 10.5 Å². The van der Waals surface area contributed by atoms with Gasteiger partial charge in [-0.3, -0.25) is 10.1 Å². The van der Waals surface area contributed by atoms with Crippen LogP contribution in [0.25, 0.3) is 0 Å². The zero-order chi connectivity index (χ0) is 16.1. The van der Waals surface area contributed by atoms with Crippen LogP contribution in [0, 0.1) is 6.92 Å².